The second-order valence-corrected chi connectivity index (χ2v) is 3.89. The molecule has 2 heterocycles. The predicted octanol–water partition coefficient (Wildman–Crippen LogP) is 1.64. The van der Waals surface area contributed by atoms with Crippen LogP contribution in [-0.2, 0) is 0 Å². The molecule has 19 heavy (non-hydrogen) atoms. The number of anilines is 1. The Morgan fingerprint density at radius 2 is 1.95 bits per heavy atom. The molecule has 0 saturated carbocycles. The number of nitrogens with one attached hydrogen (secondary N) is 1. The maximum absolute atomic E-state index is 11.9. The third-order valence-corrected chi connectivity index (χ3v) is 2.59. The molecule has 1 amide bonds. The highest BCUT2D eigenvalue weighted by atomic mass is 16.5. The highest BCUT2D eigenvalue weighted by molar-refractivity contribution is 6.03. The summed E-state index contributed by atoms with van der Waals surface area (Å²) in [7, 11) is 0. The molecule has 0 aliphatic heterocycles. The van der Waals surface area contributed by atoms with E-state index in [9.17, 15) is 9.59 Å². The van der Waals surface area contributed by atoms with E-state index in [0.29, 0.717) is 11.3 Å². The van der Waals surface area contributed by atoms with E-state index in [4.69, 9.17) is 9.63 Å². The maximum Gasteiger partial charge on any atom is 0.354 e. The van der Waals surface area contributed by atoms with Crippen molar-refractivity contribution in [2.24, 2.45) is 0 Å². The number of carboxylic acid groups (broad SMARTS) is 1. The first-order chi connectivity index (χ1) is 8.99. The van der Waals surface area contributed by atoms with Gasteiger partial charge in [-0.15, -0.1) is 0 Å². The third-order valence-electron chi connectivity index (χ3n) is 2.59. The standard InChI is InChI=1S/C12H11N3O4/c1-6-7(2)15-19-11(6)14-10(16)8-4-3-5-9(13-8)12(17)18/h3-5H,1-2H3,(H,14,16)(H,17,18). The molecular weight excluding hydrogens is 250 g/mol. The average Bonchev–Trinajstić information content (AvgIpc) is 2.71. The van der Waals surface area contributed by atoms with Gasteiger partial charge in [0.05, 0.1) is 5.69 Å². The summed E-state index contributed by atoms with van der Waals surface area (Å²) >= 11 is 0. The van der Waals surface area contributed by atoms with Gasteiger partial charge in [0.25, 0.3) is 5.91 Å². The Kier molecular flexibility index (Phi) is 3.28. The summed E-state index contributed by atoms with van der Waals surface area (Å²) in [6.45, 7) is 3.50. The van der Waals surface area contributed by atoms with E-state index in [2.05, 4.69) is 15.5 Å². The Balaban J connectivity index is 2.23. The van der Waals surface area contributed by atoms with Crippen LogP contribution in [0, 0.1) is 13.8 Å². The molecule has 0 unspecified atom stereocenters. The number of hydrogen-bond donors (Lipinski definition) is 2. The van der Waals surface area contributed by atoms with Gasteiger partial charge < -0.3 is 9.63 Å². The largest absolute Gasteiger partial charge is 0.477 e. The number of carbonyl (C=O) groups is 2. The number of pyridine rings is 1. The summed E-state index contributed by atoms with van der Waals surface area (Å²) in [6, 6.07) is 4.17. The monoisotopic (exact) mass is 261 g/mol. The molecular formula is C12H11N3O4. The lowest BCUT2D eigenvalue weighted by Gasteiger charge is -2.02. The fourth-order valence-corrected chi connectivity index (χ4v) is 1.38. The minimum Gasteiger partial charge on any atom is -0.477 e. The summed E-state index contributed by atoms with van der Waals surface area (Å²) in [5.74, 6) is -1.52. The van der Waals surface area contributed by atoms with Gasteiger partial charge in [-0.1, -0.05) is 11.2 Å². The third kappa shape index (κ3) is 2.59. The minimum absolute atomic E-state index is 0.00615. The average molecular weight is 261 g/mol. The van der Waals surface area contributed by atoms with Crippen LogP contribution in [-0.4, -0.2) is 27.1 Å². The maximum atomic E-state index is 11.9. The Morgan fingerprint density at radius 3 is 2.53 bits per heavy atom. The van der Waals surface area contributed by atoms with E-state index in [0.717, 1.165) is 0 Å². The molecule has 0 atom stereocenters. The number of carbonyl (C=O) groups excluding carboxylic acids is 1. The van der Waals surface area contributed by atoms with E-state index in [-0.39, 0.29) is 17.3 Å². The topological polar surface area (TPSA) is 105 Å². The molecule has 0 spiro atoms. The summed E-state index contributed by atoms with van der Waals surface area (Å²) < 4.78 is 4.94. The number of nitrogens with zero attached hydrogens (tertiary/aromatic N) is 2. The molecule has 0 aromatic carbocycles. The summed E-state index contributed by atoms with van der Waals surface area (Å²) in [5, 5.41) is 15.0. The Morgan fingerprint density at radius 1 is 1.26 bits per heavy atom. The Hall–Kier alpha value is -2.70. The first-order valence-electron chi connectivity index (χ1n) is 5.43. The number of amides is 1. The second-order valence-electron chi connectivity index (χ2n) is 3.89. The molecule has 7 heteroatoms. The molecule has 0 aliphatic rings. The van der Waals surface area contributed by atoms with Gasteiger partial charge in [-0.25, -0.2) is 9.78 Å². The van der Waals surface area contributed by atoms with Crippen molar-refractivity contribution >= 4 is 17.8 Å². The quantitative estimate of drug-likeness (QED) is 0.870. The Bertz CT molecular complexity index is 648. The van der Waals surface area contributed by atoms with Crippen molar-refractivity contribution in [2.75, 3.05) is 5.32 Å². The van der Waals surface area contributed by atoms with Crippen molar-refractivity contribution in [1.82, 2.24) is 10.1 Å². The van der Waals surface area contributed by atoms with E-state index < -0.39 is 11.9 Å². The van der Waals surface area contributed by atoms with Crippen molar-refractivity contribution < 1.29 is 19.2 Å². The molecule has 7 nitrogen and oxygen atoms in total. The minimum atomic E-state index is -1.19. The van der Waals surface area contributed by atoms with Crippen LogP contribution in [0.3, 0.4) is 0 Å². The van der Waals surface area contributed by atoms with Gasteiger partial charge in [0.2, 0.25) is 5.88 Å². The lowest BCUT2D eigenvalue weighted by atomic mass is 10.2. The molecule has 98 valence electrons. The van der Waals surface area contributed by atoms with Crippen molar-refractivity contribution in [3.63, 3.8) is 0 Å². The van der Waals surface area contributed by atoms with Crippen molar-refractivity contribution in [1.29, 1.82) is 0 Å². The van der Waals surface area contributed by atoms with Gasteiger partial charge in [0, 0.05) is 5.56 Å². The zero-order valence-corrected chi connectivity index (χ0v) is 10.3. The van der Waals surface area contributed by atoms with Crippen LogP contribution in [0.1, 0.15) is 32.2 Å². The molecule has 2 rings (SSSR count). The number of rotatable bonds is 3. The smallest absolute Gasteiger partial charge is 0.354 e. The fraction of sp³-hybridized carbons (Fsp3) is 0.167. The lowest BCUT2D eigenvalue weighted by Crippen LogP contribution is -2.15. The van der Waals surface area contributed by atoms with Gasteiger partial charge in [0.15, 0.2) is 0 Å². The van der Waals surface area contributed by atoms with E-state index in [1.165, 1.54) is 18.2 Å². The number of hydrogen-bond acceptors (Lipinski definition) is 5. The van der Waals surface area contributed by atoms with Gasteiger partial charge >= 0.3 is 5.97 Å². The summed E-state index contributed by atoms with van der Waals surface area (Å²) in [4.78, 5) is 26.4. The van der Waals surface area contributed by atoms with Crippen LogP contribution >= 0.6 is 0 Å². The molecule has 0 bridgehead atoms. The first-order valence-corrected chi connectivity index (χ1v) is 5.43. The predicted molar refractivity (Wildman–Crippen MR) is 65.1 cm³/mol. The van der Waals surface area contributed by atoms with Crippen LogP contribution < -0.4 is 5.32 Å². The second kappa shape index (κ2) is 4.89. The van der Waals surface area contributed by atoms with Crippen LogP contribution in [0.4, 0.5) is 5.88 Å². The van der Waals surface area contributed by atoms with E-state index in [1.807, 2.05) is 0 Å². The summed E-state index contributed by atoms with van der Waals surface area (Å²) in [6.07, 6.45) is 0. The fourth-order valence-electron chi connectivity index (χ4n) is 1.38. The number of aromatic carboxylic acids is 1. The van der Waals surface area contributed by atoms with Gasteiger partial charge in [-0.2, -0.15) is 0 Å². The first kappa shape index (κ1) is 12.7. The lowest BCUT2D eigenvalue weighted by molar-refractivity contribution is 0.0690. The number of aryl methyl sites for hydroxylation is 1. The van der Waals surface area contributed by atoms with Crippen molar-refractivity contribution in [3.8, 4) is 0 Å². The molecule has 2 aromatic heterocycles. The van der Waals surface area contributed by atoms with Gasteiger partial charge in [0.1, 0.15) is 11.4 Å². The number of carboxylic acids is 1. The zero-order chi connectivity index (χ0) is 14.0. The zero-order valence-electron chi connectivity index (χ0n) is 10.3. The van der Waals surface area contributed by atoms with E-state index in [1.54, 1.807) is 13.8 Å². The molecule has 0 saturated heterocycles. The van der Waals surface area contributed by atoms with Crippen LogP contribution in [0.2, 0.25) is 0 Å². The molecule has 0 fully saturated rings. The van der Waals surface area contributed by atoms with Crippen molar-refractivity contribution in [3.05, 3.63) is 40.8 Å². The Labute approximate surface area is 108 Å². The van der Waals surface area contributed by atoms with Crippen LogP contribution in [0.15, 0.2) is 22.7 Å². The van der Waals surface area contributed by atoms with Crippen LogP contribution in [0.25, 0.3) is 0 Å². The molecule has 0 aliphatic carbocycles. The number of aromatic nitrogens is 2. The van der Waals surface area contributed by atoms with Gasteiger partial charge in [-0.3, -0.25) is 10.1 Å². The molecule has 2 aromatic rings. The van der Waals surface area contributed by atoms with Crippen molar-refractivity contribution in [2.45, 2.75) is 13.8 Å². The van der Waals surface area contributed by atoms with E-state index >= 15 is 0 Å². The SMILES string of the molecule is Cc1noc(NC(=O)c2cccc(C(=O)O)n2)c1C. The molecule has 0 radical (unpaired) electrons. The highest BCUT2D eigenvalue weighted by Crippen LogP contribution is 2.17. The van der Waals surface area contributed by atoms with Crippen LogP contribution in [0.5, 0.6) is 0 Å². The molecule has 2 N–H and O–H groups in total. The van der Waals surface area contributed by atoms with Gasteiger partial charge in [-0.05, 0) is 26.0 Å². The normalized spacial score (nSPS) is 10.2. The summed E-state index contributed by atoms with van der Waals surface area (Å²) in [5.41, 5.74) is 1.18. The highest BCUT2D eigenvalue weighted by Gasteiger charge is 2.15.